The number of carbonyl (C=O) groups excluding carboxylic acids is 1. The van der Waals surface area contributed by atoms with E-state index in [2.05, 4.69) is 4.98 Å². The van der Waals surface area contributed by atoms with Gasteiger partial charge >= 0.3 is 0 Å². The molecule has 1 heterocycles. The minimum atomic E-state index is -0.216. The lowest BCUT2D eigenvalue weighted by Gasteiger charge is -2.23. The van der Waals surface area contributed by atoms with Crippen LogP contribution in [0.3, 0.4) is 0 Å². The smallest absolute Gasteiger partial charge is 0.212 e. The van der Waals surface area contributed by atoms with Crippen LogP contribution in [0.1, 0.15) is 21.6 Å². The van der Waals surface area contributed by atoms with E-state index < -0.39 is 0 Å². The Morgan fingerprint density at radius 2 is 1.88 bits per heavy atom. The molecule has 2 aromatic carbocycles. The van der Waals surface area contributed by atoms with E-state index in [0.29, 0.717) is 28.3 Å². The van der Waals surface area contributed by atoms with Gasteiger partial charge in [0, 0.05) is 28.3 Å². The summed E-state index contributed by atoms with van der Waals surface area (Å²) in [6.45, 7) is 1.96. The van der Waals surface area contributed by atoms with E-state index in [9.17, 15) is 9.90 Å². The monoisotopic (exact) mass is 321 g/mol. The Morgan fingerprint density at radius 3 is 2.58 bits per heavy atom. The van der Waals surface area contributed by atoms with Gasteiger partial charge in [-0.15, -0.1) is 0 Å². The Morgan fingerprint density at radius 1 is 1.08 bits per heavy atom. The van der Waals surface area contributed by atoms with Crippen molar-refractivity contribution in [2.45, 2.75) is 6.92 Å². The van der Waals surface area contributed by atoms with E-state index in [4.69, 9.17) is 9.47 Å². The maximum Gasteiger partial charge on any atom is 0.212 e. The number of carbonyl (C=O) groups is 1. The molecule has 1 aliphatic carbocycles. The number of phenolic OH excluding ortho intramolecular Hbond substituents is 1. The number of rotatable bonds is 2. The van der Waals surface area contributed by atoms with E-state index in [1.54, 1.807) is 19.4 Å². The fourth-order valence-corrected chi connectivity index (χ4v) is 3.42. The van der Waals surface area contributed by atoms with E-state index in [1.165, 1.54) is 13.2 Å². The van der Waals surface area contributed by atoms with Gasteiger partial charge in [0.25, 0.3) is 0 Å². The minimum Gasteiger partial charge on any atom is -0.504 e. The molecule has 4 rings (SSSR count). The maximum atomic E-state index is 12.9. The minimum absolute atomic E-state index is 0.0770. The number of methoxy groups -OCH3 is 2. The lowest BCUT2D eigenvalue weighted by molar-refractivity contribution is 0.103. The predicted molar refractivity (Wildman–Crippen MR) is 90.1 cm³/mol. The SMILES string of the molecule is COc1cc2c(cc1O)C(=O)c1nccc3cc(C)c(OC)c-2c13. The average Bonchev–Trinajstić information content (AvgIpc) is 2.58. The van der Waals surface area contributed by atoms with Crippen LogP contribution in [0, 0.1) is 6.92 Å². The standard InChI is InChI=1S/C19H15NO4/c1-9-6-10-4-5-20-17-15(10)16(19(9)24-3)11-8-14(23-2)13(21)7-12(11)18(17)22/h4-8,21H,1-3H3. The summed E-state index contributed by atoms with van der Waals surface area (Å²) in [7, 11) is 3.08. The number of nitrogens with zero attached hydrogens (tertiary/aromatic N) is 1. The van der Waals surface area contributed by atoms with Gasteiger partial charge in [0.1, 0.15) is 11.4 Å². The van der Waals surface area contributed by atoms with Crippen molar-refractivity contribution in [2.24, 2.45) is 0 Å². The number of phenols is 1. The molecule has 0 radical (unpaired) electrons. The van der Waals surface area contributed by atoms with E-state index in [-0.39, 0.29) is 11.5 Å². The summed E-state index contributed by atoms with van der Waals surface area (Å²) in [6.07, 6.45) is 1.62. The molecule has 3 aromatic rings. The molecule has 120 valence electrons. The molecule has 0 amide bonds. The topological polar surface area (TPSA) is 68.7 Å². The normalized spacial score (nSPS) is 12.2. The summed E-state index contributed by atoms with van der Waals surface area (Å²) in [4.78, 5) is 17.2. The molecule has 0 unspecified atom stereocenters. The van der Waals surface area contributed by atoms with Gasteiger partial charge in [-0.3, -0.25) is 9.78 Å². The van der Waals surface area contributed by atoms with Crippen molar-refractivity contribution in [1.82, 2.24) is 4.98 Å². The highest BCUT2D eigenvalue weighted by atomic mass is 16.5. The number of aromatic hydroxyl groups is 1. The molecule has 5 heteroatoms. The highest BCUT2D eigenvalue weighted by Gasteiger charge is 2.31. The van der Waals surface area contributed by atoms with Crippen LogP contribution in [0.4, 0.5) is 0 Å². The fraction of sp³-hybridized carbons (Fsp3) is 0.158. The Hall–Kier alpha value is -3.08. The van der Waals surface area contributed by atoms with Crippen molar-refractivity contribution in [1.29, 1.82) is 0 Å². The van der Waals surface area contributed by atoms with Crippen LogP contribution in [0.5, 0.6) is 17.2 Å². The molecule has 24 heavy (non-hydrogen) atoms. The second kappa shape index (κ2) is 4.96. The van der Waals surface area contributed by atoms with Crippen LogP contribution >= 0.6 is 0 Å². The quantitative estimate of drug-likeness (QED) is 0.612. The van der Waals surface area contributed by atoms with Crippen LogP contribution in [0.25, 0.3) is 21.9 Å². The third-order valence-corrected chi connectivity index (χ3v) is 4.44. The summed E-state index contributed by atoms with van der Waals surface area (Å²) in [5.41, 5.74) is 3.22. The molecular formula is C19H15NO4. The zero-order chi connectivity index (χ0) is 17.0. The number of ketones is 1. The third kappa shape index (κ3) is 1.75. The van der Waals surface area contributed by atoms with Gasteiger partial charge in [0.2, 0.25) is 5.78 Å². The molecule has 0 fully saturated rings. The molecule has 0 saturated heterocycles. The molecule has 0 saturated carbocycles. The van der Waals surface area contributed by atoms with Crippen LogP contribution in [0.2, 0.25) is 0 Å². The highest BCUT2D eigenvalue weighted by Crippen LogP contribution is 2.48. The van der Waals surface area contributed by atoms with Gasteiger partial charge < -0.3 is 14.6 Å². The summed E-state index contributed by atoms with van der Waals surface area (Å²) in [5.74, 6) is 0.711. The lowest BCUT2D eigenvalue weighted by atomic mass is 9.83. The third-order valence-electron chi connectivity index (χ3n) is 4.44. The predicted octanol–water partition coefficient (Wildman–Crippen LogP) is 3.48. The van der Waals surface area contributed by atoms with Crippen molar-refractivity contribution >= 4 is 16.6 Å². The number of pyridine rings is 1. The first kappa shape index (κ1) is 14.5. The Bertz CT molecular complexity index is 1020. The van der Waals surface area contributed by atoms with Crippen LogP contribution in [-0.2, 0) is 0 Å². The van der Waals surface area contributed by atoms with Crippen LogP contribution in [0.15, 0.2) is 30.5 Å². The first-order valence-corrected chi connectivity index (χ1v) is 7.49. The van der Waals surface area contributed by atoms with Gasteiger partial charge in [-0.2, -0.15) is 0 Å². The van der Waals surface area contributed by atoms with Crippen molar-refractivity contribution in [3.8, 4) is 28.4 Å². The van der Waals surface area contributed by atoms with Crippen LogP contribution in [-0.4, -0.2) is 30.1 Å². The highest BCUT2D eigenvalue weighted by molar-refractivity contribution is 6.26. The molecular weight excluding hydrogens is 306 g/mol. The molecule has 5 nitrogen and oxygen atoms in total. The average molecular weight is 321 g/mol. The second-order valence-electron chi connectivity index (χ2n) is 5.76. The molecule has 1 N–H and O–H groups in total. The molecule has 1 aromatic heterocycles. The van der Waals surface area contributed by atoms with Crippen molar-refractivity contribution in [3.63, 3.8) is 0 Å². The van der Waals surface area contributed by atoms with Gasteiger partial charge in [0.15, 0.2) is 11.5 Å². The molecule has 0 atom stereocenters. The van der Waals surface area contributed by atoms with Crippen LogP contribution < -0.4 is 9.47 Å². The lowest BCUT2D eigenvalue weighted by Crippen LogP contribution is -2.13. The zero-order valence-electron chi connectivity index (χ0n) is 13.5. The number of ether oxygens (including phenoxy) is 2. The first-order chi connectivity index (χ1) is 11.6. The molecule has 0 spiro atoms. The zero-order valence-corrected chi connectivity index (χ0v) is 13.5. The van der Waals surface area contributed by atoms with Gasteiger partial charge in [-0.05, 0) is 42.1 Å². The maximum absolute atomic E-state index is 12.9. The summed E-state index contributed by atoms with van der Waals surface area (Å²) >= 11 is 0. The summed E-state index contributed by atoms with van der Waals surface area (Å²) in [5, 5.41) is 11.8. The number of benzene rings is 2. The Kier molecular flexibility index (Phi) is 3.00. The van der Waals surface area contributed by atoms with Crippen molar-refractivity contribution in [2.75, 3.05) is 14.2 Å². The molecule has 0 aliphatic heterocycles. The van der Waals surface area contributed by atoms with Gasteiger partial charge in [-0.25, -0.2) is 0 Å². The van der Waals surface area contributed by atoms with Gasteiger partial charge in [0.05, 0.1) is 14.2 Å². The van der Waals surface area contributed by atoms with Crippen molar-refractivity contribution < 1.29 is 19.4 Å². The molecule has 0 bridgehead atoms. The van der Waals surface area contributed by atoms with Crippen molar-refractivity contribution in [3.05, 3.63) is 47.3 Å². The number of hydrogen-bond acceptors (Lipinski definition) is 5. The summed E-state index contributed by atoms with van der Waals surface area (Å²) < 4.78 is 10.8. The first-order valence-electron chi connectivity index (χ1n) is 7.49. The van der Waals surface area contributed by atoms with E-state index in [0.717, 1.165) is 21.9 Å². The number of hydrogen-bond donors (Lipinski definition) is 1. The molecule has 1 aliphatic rings. The van der Waals surface area contributed by atoms with Gasteiger partial charge in [-0.1, -0.05) is 0 Å². The number of aromatic nitrogens is 1. The number of fused-ring (bicyclic) bond motifs is 2. The Labute approximate surface area is 138 Å². The second-order valence-corrected chi connectivity index (χ2v) is 5.76. The number of aryl methyl sites for hydroxylation is 1. The fourth-order valence-electron chi connectivity index (χ4n) is 3.42. The summed E-state index contributed by atoms with van der Waals surface area (Å²) in [6, 6.07) is 6.97. The van der Waals surface area contributed by atoms with E-state index >= 15 is 0 Å². The largest absolute Gasteiger partial charge is 0.504 e. The van der Waals surface area contributed by atoms with E-state index in [1.807, 2.05) is 19.1 Å². The Balaban J connectivity index is 2.25.